The average molecular weight is 240 g/mol. The minimum atomic E-state index is -4.08. The molecule has 0 N–H and O–H groups in total. The van der Waals surface area contributed by atoms with Gasteiger partial charge in [0.05, 0.1) is 12.7 Å². The van der Waals surface area contributed by atoms with Crippen molar-refractivity contribution in [2.24, 2.45) is 5.41 Å². The molecule has 0 bridgehead atoms. The molecule has 0 aliphatic heterocycles. The highest BCUT2D eigenvalue weighted by Crippen LogP contribution is 2.30. The third kappa shape index (κ3) is 7.72. The molecule has 0 aromatic carbocycles. The fourth-order valence-electron chi connectivity index (χ4n) is 1.68. The number of hydrogen-bond acceptors (Lipinski definition) is 5. The van der Waals surface area contributed by atoms with Crippen LogP contribution in [0.3, 0.4) is 0 Å². The van der Waals surface area contributed by atoms with E-state index in [2.05, 4.69) is 9.22 Å². The molecule has 0 unspecified atom stereocenters. The lowest BCUT2D eigenvalue weighted by Gasteiger charge is -2.30. The van der Waals surface area contributed by atoms with Crippen LogP contribution in [0.5, 0.6) is 0 Å². The van der Waals surface area contributed by atoms with E-state index in [4.69, 9.17) is 4.18 Å². The Kier molecular flexibility index (Phi) is 4.72. The van der Waals surface area contributed by atoms with Crippen LogP contribution < -0.4 is 0 Å². The maximum absolute atomic E-state index is 11.2. The Morgan fingerprint density at radius 2 is 1.53 bits per heavy atom. The second-order valence-electron chi connectivity index (χ2n) is 5.22. The van der Waals surface area contributed by atoms with Gasteiger partial charge in [0.15, 0.2) is 0 Å². The summed E-state index contributed by atoms with van der Waals surface area (Å²) in [6.07, 6.45) is 0.576. The summed E-state index contributed by atoms with van der Waals surface area (Å²) in [5, 5.41) is 0. The Balaban J connectivity index is 4.51. The monoisotopic (exact) mass is 240 g/mol. The fourth-order valence-corrected chi connectivity index (χ4v) is 2.49. The van der Waals surface area contributed by atoms with Gasteiger partial charge in [-0.1, -0.05) is 25.1 Å². The topological polar surface area (TPSA) is 61.8 Å². The second-order valence-corrected chi connectivity index (χ2v) is 6.34. The minimum absolute atomic E-state index is 0.0356. The van der Waals surface area contributed by atoms with E-state index in [1.165, 1.54) is 0 Å². The molecular weight excluding hydrogens is 220 g/mol. The first kappa shape index (κ1) is 14.8. The summed E-state index contributed by atoms with van der Waals surface area (Å²) in [6, 6.07) is 0. The quantitative estimate of drug-likeness (QED) is 0.543. The van der Waals surface area contributed by atoms with Crippen LogP contribution in [0.2, 0.25) is 0 Å². The lowest BCUT2D eigenvalue weighted by molar-refractivity contribution is -0.186. The van der Waals surface area contributed by atoms with Crippen molar-refractivity contribution in [1.82, 2.24) is 0 Å². The van der Waals surface area contributed by atoms with Crippen molar-refractivity contribution in [3.05, 3.63) is 0 Å². The van der Waals surface area contributed by atoms with E-state index < -0.39 is 16.0 Å². The standard InChI is InChI=1S/C9H20O5S/c1-8(2,3)7-9(4,5)13-15(10,11)14-12-6/h7H2,1-6H3. The summed E-state index contributed by atoms with van der Waals surface area (Å²) < 4.78 is 31.2. The summed E-state index contributed by atoms with van der Waals surface area (Å²) in [4.78, 5) is 4.07. The molecular formula is C9H20O5S. The highest BCUT2D eigenvalue weighted by atomic mass is 32.3. The molecule has 0 saturated carbocycles. The molecule has 0 heterocycles. The first-order chi connectivity index (χ1) is 6.47. The molecule has 0 spiro atoms. The Bertz CT molecular complexity index is 286. The summed E-state index contributed by atoms with van der Waals surface area (Å²) >= 11 is 0. The Labute approximate surface area is 92.0 Å². The van der Waals surface area contributed by atoms with E-state index in [1.807, 2.05) is 20.8 Å². The van der Waals surface area contributed by atoms with E-state index in [0.29, 0.717) is 6.42 Å². The predicted octanol–water partition coefficient (Wildman–Crippen LogP) is 2.04. The zero-order chi connectivity index (χ0) is 12.3. The SMILES string of the molecule is COOS(=O)(=O)OC(C)(C)CC(C)(C)C. The van der Waals surface area contributed by atoms with E-state index in [9.17, 15) is 8.42 Å². The van der Waals surface area contributed by atoms with Crippen molar-refractivity contribution >= 4 is 10.4 Å². The highest BCUT2D eigenvalue weighted by molar-refractivity contribution is 7.81. The van der Waals surface area contributed by atoms with Crippen LogP contribution in [0.4, 0.5) is 0 Å². The molecule has 0 radical (unpaired) electrons. The lowest BCUT2D eigenvalue weighted by Crippen LogP contribution is -2.33. The van der Waals surface area contributed by atoms with Gasteiger partial charge in [-0.2, -0.15) is 8.42 Å². The maximum Gasteiger partial charge on any atom is 0.427 e. The van der Waals surface area contributed by atoms with Crippen molar-refractivity contribution in [3.63, 3.8) is 0 Å². The van der Waals surface area contributed by atoms with E-state index in [1.54, 1.807) is 13.8 Å². The van der Waals surface area contributed by atoms with Crippen molar-refractivity contribution in [2.75, 3.05) is 7.11 Å². The molecule has 0 amide bonds. The predicted molar refractivity (Wildman–Crippen MR) is 56.2 cm³/mol. The molecule has 5 nitrogen and oxygen atoms in total. The normalized spacial score (nSPS) is 14.3. The summed E-state index contributed by atoms with van der Waals surface area (Å²) in [5.74, 6) is 0. The van der Waals surface area contributed by atoms with Gasteiger partial charge in [0.1, 0.15) is 0 Å². The molecule has 0 saturated heterocycles. The van der Waals surface area contributed by atoms with Crippen LogP contribution in [0, 0.1) is 5.41 Å². The Hall–Kier alpha value is -0.170. The van der Waals surface area contributed by atoms with Crippen LogP contribution in [-0.2, 0) is 23.8 Å². The van der Waals surface area contributed by atoms with Crippen LogP contribution >= 0.6 is 0 Å². The second kappa shape index (κ2) is 4.78. The maximum atomic E-state index is 11.2. The van der Waals surface area contributed by atoms with Crippen molar-refractivity contribution in [3.8, 4) is 0 Å². The summed E-state index contributed by atoms with van der Waals surface area (Å²) in [5.41, 5.74) is -0.859. The summed E-state index contributed by atoms with van der Waals surface area (Å²) in [6.45, 7) is 9.38. The molecule has 0 fully saturated rings. The van der Waals surface area contributed by atoms with E-state index in [-0.39, 0.29) is 5.41 Å². The van der Waals surface area contributed by atoms with Crippen molar-refractivity contribution in [1.29, 1.82) is 0 Å². The third-order valence-electron chi connectivity index (χ3n) is 1.44. The molecule has 0 aromatic rings. The number of rotatable bonds is 5. The molecule has 0 aliphatic carbocycles. The van der Waals surface area contributed by atoms with Gasteiger partial charge >= 0.3 is 10.4 Å². The summed E-state index contributed by atoms with van der Waals surface area (Å²) in [7, 11) is -2.98. The molecule has 6 heteroatoms. The van der Waals surface area contributed by atoms with Gasteiger partial charge in [-0.25, -0.2) is 9.07 Å². The largest absolute Gasteiger partial charge is 0.427 e. The average Bonchev–Trinajstić information content (AvgIpc) is 1.74. The lowest BCUT2D eigenvalue weighted by atomic mass is 9.84. The minimum Gasteiger partial charge on any atom is -0.240 e. The fraction of sp³-hybridized carbons (Fsp3) is 1.00. The van der Waals surface area contributed by atoms with Crippen LogP contribution in [0.25, 0.3) is 0 Å². The molecule has 0 atom stereocenters. The van der Waals surface area contributed by atoms with Crippen LogP contribution in [0.15, 0.2) is 0 Å². The third-order valence-corrected chi connectivity index (χ3v) is 2.39. The molecule has 0 rings (SSSR count). The molecule has 92 valence electrons. The Morgan fingerprint density at radius 1 is 1.07 bits per heavy atom. The Morgan fingerprint density at radius 3 is 1.87 bits per heavy atom. The van der Waals surface area contributed by atoms with Crippen molar-refractivity contribution < 1.29 is 21.8 Å². The van der Waals surface area contributed by atoms with Gasteiger partial charge in [-0.3, -0.25) is 0 Å². The van der Waals surface area contributed by atoms with Gasteiger partial charge in [0, 0.05) is 0 Å². The van der Waals surface area contributed by atoms with Gasteiger partial charge in [-0.15, -0.1) is 0 Å². The zero-order valence-corrected chi connectivity index (χ0v) is 11.0. The highest BCUT2D eigenvalue weighted by Gasteiger charge is 2.32. The van der Waals surface area contributed by atoms with Gasteiger partial charge in [-0.05, 0) is 25.7 Å². The van der Waals surface area contributed by atoms with Gasteiger partial charge < -0.3 is 0 Å². The van der Waals surface area contributed by atoms with Crippen molar-refractivity contribution in [2.45, 2.75) is 46.6 Å². The molecule has 15 heavy (non-hydrogen) atoms. The molecule has 0 aliphatic rings. The zero-order valence-electron chi connectivity index (χ0n) is 10.2. The first-order valence-corrected chi connectivity index (χ1v) is 5.99. The van der Waals surface area contributed by atoms with E-state index >= 15 is 0 Å². The van der Waals surface area contributed by atoms with E-state index in [0.717, 1.165) is 7.11 Å². The first-order valence-electron chi connectivity index (χ1n) is 4.65. The van der Waals surface area contributed by atoms with Crippen LogP contribution in [0.1, 0.15) is 41.0 Å². The van der Waals surface area contributed by atoms with Gasteiger partial charge in [0.25, 0.3) is 0 Å². The molecule has 0 aromatic heterocycles. The number of hydrogen-bond donors (Lipinski definition) is 0. The van der Waals surface area contributed by atoms with Crippen LogP contribution in [-0.4, -0.2) is 21.1 Å². The smallest absolute Gasteiger partial charge is 0.240 e. The van der Waals surface area contributed by atoms with Gasteiger partial charge in [0.2, 0.25) is 0 Å².